The van der Waals surface area contributed by atoms with Crippen molar-refractivity contribution in [3.05, 3.63) is 12.2 Å². The number of hydrogen-bond donors (Lipinski definition) is 2. The highest BCUT2D eigenvalue weighted by Crippen LogP contribution is 2.05. The molecule has 0 saturated carbocycles. The van der Waals surface area contributed by atoms with Crippen LogP contribution in [0.15, 0.2) is 6.33 Å². The van der Waals surface area contributed by atoms with E-state index in [1.165, 1.54) is 0 Å². The molecule has 1 aromatic heterocycles. The van der Waals surface area contributed by atoms with E-state index in [0.717, 1.165) is 31.8 Å². The molecule has 1 aliphatic rings. The van der Waals surface area contributed by atoms with Gasteiger partial charge in [0, 0.05) is 25.6 Å². The van der Waals surface area contributed by atoms with Crippen LogP contribution in [0.4, 0.5) is 0 Å². The molecule has 0 bridgehead atoms. The second kappa shape index (κ2) is 5.77. The minimum atomic E-state index is 0.158. The molecule has 1 amide bonds. The SMILES string of the molecule is CCCn1ncnc1CNCC1CCC(=O)N1. The van der Waals surface area contributed by atoms with Crippen molar-refractivity contribution < 1.29 is 4.79 Å². The molecule has 2 rings (SSSR count). The largest absolute Gasteiger partial charge is 0.352 e. The monoisotopic (exact) mass is 237 g/mol. The smallest absolute Gasteiger partial charge is 0.220 e. The Morgan fingerprint density at radius 3 is 3.24 bits per heavy atom. The fourth-order valence-electron chi connectivity index (χ4n) is 2.01. The minimum absolute atomic E-state index is 0.158. The fraction of sp³-hybridized carbons (Fsp3) is 0.727. The first-order valence-electron chi connectivity index (χ1n) is 6.16. The average molecular weight is 237 g/mol. The number of hydrogen-bond acceptors (Lipinski definition) is 4. The zero-order chi connectivity index (χ0) is 12.1. The molecular weight excluding hydrogens is 218 g/mol. The van der Waals surface area contributed by atoms with Gasteiger partial charge in [0.25, 0.3) is 0 Å². The number of nitrogens with zero attached hydrogens (tertiary/aromatic N) is 3. The molecule has 0 aliphatic carbocycles. The summed E-state index contributed by atoms with van der Waals surface area (Å²) in [6.07, 6.45) is 4.21. The zero-order valence-corrected chi connectivity index (χ0v) is 10.1. The lowest BCUT2D eigenvalue weighted by atomic mass is 10.2. The van der Waals surface area contributed by atoms with Crippen molar-refractivity contribution in [1.29, 1.82) is 0 Å². The minimum Gasteiger partial charge on any atom is -0.352 e. The zero-order valence-electron chi connectivity index (χ0n) is 10.1. The van der Waals surface area contributed by atoms with Crippen molar-refractivity contribution in [2.45, 2.75) is 45.3 Å². The van der Waals surface area contributed by atoms with Crippen LogP contribution in [0.25, 0.3) is 0 Å². The maximum absolute atomic E-state index is 11.0. The highest BCUT2D eigenvalue weighted by atomic mass is 16.1. The lowest BCUT2D eigenvalue weighted by molar-refractivity contribution is -0.119. The van der Waals surface area contributed by atoms with Crippen molar-refractivity contribution >= 4 is 5.91 Å². The van der Waals surface area contributed by atoms with Crippen molar-refractivity contribution in [3.8, 4) is 0 Å². The van der Waals surface area contributed by atoms with Gasteiger partial charge in [0.05, 0.1) is 6.54 Å². The van der Waals surface area contributed by atoms with E-state index in [-0.39, 0.29) is 11.9 Å². The average Bonchev–Trinajstić information content (AvgIpc) is 2.90. The molecule has 1 fully saturated rings. The number of carbonyl (C=O) groups excluding carboxylic acids is 1. The lowest BCUT2D eigenvalue weighted by Crippen LogP contribution is -2.35. The van der Waals surface area contributed by atoms with Crippen LogP contribution in [-0.4, -0.2) is 33.3 Å². The Kier molecular flexibility index (Phi) is 4.08. The fourth-order valence-corrected chi connectivity index (χ4v) is 2.01. The van der Waals surface area contributed by atoms with E-state index in [1.54, 1.807) is 6.33 Å². The second-order valence-corrected chi connectivity index (χ2v) is 4.33. The molecule has 2 heterocycles. The third-order valence-electron chi connectivity index (χ3n) is 2.89. The van der Waals surface area contributed by atoms with Gasteiger partial charge in [-0.3, -0.25) is 4.79 Å². The van der Waals surface area contributed by atoms with Gasteiger partial charge in [-0.1, -0.05) is 6.92 Å². The Labute approximate surface area is 101 Å². The summed E-state index contributed by atoms with van der Waals surface area (Å²) in [4.78, 5) is 15.2. The Hall–Kier alpha value is -1.43. The van der Waals surface area contributed by atoms with Gasteiger partial charge in [-0.05, 0) is 12.8 Å². The van der Waals surface area contributed by atoms with Crippen molar-refractivity contribution in [3.63, 3.8) is 0 Å². The number of rotatable bonds is 6. The molecule has 1 atom stereocenters. The van der Waals surface area contributed by atoms with E-state index >= 15 is 0 Å². The van der Waals surface area contributed by atoms with Gasteiger partial charge in [0.15, 0.2) is 0 Å². The van der Waals surface area contributed by atoms with Gasteiger partial charge >= 0.3 is 0 Å². The predicted octanol–water partition coefficient (Wildman–Crippen LogP) is 0.0563. The summed E-state index contributed by atoms with van der Waals surface area (Å²) in [5.74, 6) is 1.11. The quantitative estimate of drug-likeness (QED) is 0.733. The van der Waals surface area contributed by atoms with Gasteiger partial charge in [-0.25, -0.2) is 9.67 Å². The molecular formula is C11H19N5O. The topological polar surface area (TPSA) is 71.8 Å². The van der Waals surface area contributed by atoms with Crippen LogP contribution in [0.2, 0.25) is 0 Å². The Balaban J connectivity index is 1.74. The molecule has 0 spiro atoms. The molecule has 1 aliphatic heterocycles. The van der Waals surface area contributed by atoms with Crippen LogP contribution >= 0.6 is 0 Å². The number of nitrogens with one attached hydrogen (secondary N) is 2. The number of aryl methyl sites for hydroxylation is 1. The molecule has 0 radical (unpaired) electrons. The number of amides is 1. The molecule has 1 aromatic rings. The Morgan fingerprint density at radius 1 is 1.65 bits per heavy atom. The number of aromatic nitrogens is 3. The number of carbonyl (C=O) groups is 1. The van der Waals surface area contributed by atoms with E-state index in [0.29, 0.717) is 13.0 Å². The summed E-state index contributed by atoms with van der Waals surface area (Å²) in [6, 6.07) is 0.269. The van der Waals surface area contributed by atoms with Crippen molar-refractivity contribution in [2.24, 2.45) is 0 Å². The van der Waals surface area contributed by atoms with Crippen LogP contribution in [0, 0.1) is 0 Å². The summed E-state index contributed by atoms with van der Waals surface area (Å²) < 4.78 is 1.92. The summed E-state index contributed by atoms with van der Waals surface area (Å²) in [5.41, 5.74) is 0. The molecule has 17 heavy (non-hydrogen) atoms. The van der Waals surface area contributed by atoms with Crippen LogP contribution < -0.4 is 10.6 Å². The lowest BCUT2D eigenvalue weighted by Gasteiger charge is -2.11. The van der Waals surface area contributed by atoms with Crippen LogP contribution in [0.3, 0.4) is 0 Å². The predicted molar refractivity (Wildman–Crippen MR) is 63.2 cm³/mol. The summed E-state index contributed by atoms with van der Waals surface area (Å²) in [7, 11) is 0. The van der Waals surface area contributed by atoms with Gasteiger partial charge in [-0.15, -0.1) is 0 Å². The first-order valence-corrected chi connectivity index (χ1v) is 6.16. The van der Waals surface area contributed by atoms with E-state index in [9.17, 15) is 4.79 Å². The molecule has 2 N–H and O–H groups in total. The van der Waals surface area contributed by atoms with Gasteiger partial charge in [-0.2, -0.15) is 5.10 Å². The first kappa shape index (κ1) is 12.0. The maximum Gasteiger partial charge on any atom is 0.220 e. The van der Waals surface area contributed by atoms with E-state index in [1.807, 2.05) is 4.68 Å². The Morgan fingerprint density at radius 2 is 2.53 bits per heavy atom. The van der Waals surface area contributed by atoms with Crippen LogP contribution in [0.1, 0.15) is 32.0 Å². The second-order valence-electron chi connectivity index (χ2n) is 4.33. The standard InChI is InChI=1S/C11H19N5O/c1-2-5-16-10(13-8-14-16)7-12-6-9-3-4-11(17)15-9/h8-9,12H,2-7H2,1H3,(H,15,17). The molecule has 94 valence electrons. The van der Waals surface area contributed by atoms with Crippen molar-refractivity contribution in [2.75, 3.05) is 6.54 Å². The molecule has 0 aromatic carbocycles. The van der Waals surface area contributed by atoms with Gasteiger partial charge in [0.1, 0.15) is 12.2 Å². The Bertz CT molecular complexity index is 376. The van der Waals surface area contributed by atoms with Crippen LogP contribution in [-0.2, 0) is 17.9 Å². The maximum atomic E-state index is 11.0. The third kappa shape index (κ3) is 3.26. The molecule has 1 unspecified atom stereocenters. The van der Waals surface area contributed by atoms with Gasteiger partial charge in [0.2, 0.25) is 5.91 Å². The molecule has 6 heteroatoms. The summed E-state index contributed by atoms with van der Waals surface area (Å²) in [5, 5.41) is 10.4. The van der Waals surface area contributed by atoms with E-state index < -0.39 is 0 Å². The third-order valence-corrected chi connectivity index (χ3v) is 2.89. The summed E-state index contributed by atoms with van der Waals surface area (Å²) in [6.45, 7) is 4.52. The van der Waals surface area contributed by atoms with E-state index in [4.69, 9.17) is 0 Å². The first-order chi connectivity index (χ1) is 8.29. The highest BCUT2D eigenvalue weighted by molar-refractivity contribution is 5.78. The molecule has 6 nitrogen and oxygen atoms in total. The van der Waals surface area contributed by atoms with Crippen molar-refractivity contribution in [1.82, 2.24) is 25.4 Å². The molecule has 1 saturated heterocycles. The normalized spacial score (nSPS) is 19.6. The highest BCUT2D eigenvalue weighted by Gasteiger charge is 2.19. The van der Waals surface area contributed by atoms with Crippen LogP contribution in [0.5, 0.6) is 0 Å². The summed E-state index contributed by atoms with van der Waals surface area (Å²) >= 11 is 0. The van der Waals surface area contributed by atoms with E-state index in [2.05, 4.69) is 27.6 Å². The van der Waals surface area contributed by atoms with Gasteiger partial charge < -0.3 is 10.6 Å².